The zero-order valence-corrected chi connectivity index (χ0v) is 10.6. The average Bonchev–Trinajstić information content (AvgIpc) is 2.64. The van der Waals surface area contributed by atoms with Gasteiger partial charge in [-0.2, -0.15) is 0 Å². The molecule has 0 atom stereocenters. The fraction of sp³-hybridized carbons (Fsp3) is 0. The van der Waals surface area contributed by atoms with Crippen LogP contribution in [0.5, 0.6) is 0 Å². The average molecular weight is 303 g/mol. The van der Waals surface area contributed by atoms with Gasteiger partial charge in [-0.1, -0.05) is 23.7 Å². The van der Waals surface area contributed by atoms with Crippen molar-refractivity contribution in [1.29, 1.82) is 0 Å². The van der Waals surface area contributed by atoms with Gasteiger partial charge >= 0.3 is 0 Å². The summed E-state index contributed by atoms with van der Waals surface area (Å²) in [7, 11) is 0. The predicted molar refractivity (Wildman–Crippen MR) is 64.7 cm³/mol. The molecule has 2 rings (SSSR count). The topological polar surface area (TPSA) is 30.0 Å². The summed E-state index contributed by atoms with van der Waals surface area (Å²) in [6, 6.07) is 6.84. The standard InChI is InChI=1S/C10H5BrClNOS/c11-8-5-15-10(13-8)9(14)6-2-1-3-7(12)4-6/h1-5H. The number of benzene rings is 1. The van der Waals surface area contributed by atoms with Crippen molar-refractivity contribution in [2.24, 2.45) is 0 Å². The maximum Gasteiger partial charge on any atom is 0.221 e. The van der Waals surface area contributed by atoms with Gasteiger partial charge in [-0.3, -0.25) is 4.79 Å². The molecule has 0 aliphatic rings. The molecule has 0 aliphatic carbocycles. The Morgan fingerprint density at radius 1 is 1.47 bits per heavy atom. The van der Waals surface area contributed by atoms with Gasteiger partial charge in [-0.05, 0) is 28.1 Å². The molecule has 1 aromatic carbocycles. The fourth-order valence-electron chi connectivity index (χ4n) is 1.11. The number of carbonyl (C=O) groups is 1. The molecule has 2 nitrogen and oxygen atoms in total. The molecule has 0 radical (unpaired) electrons. The summed E-state index contributed by atoms with van der Waals surface area (Å²) in [5.41, 5.74) is 0.560. The lowest BCUT2D eigenvalue weighted by Gasteiger charge is -1.97. The van der Waals surface area contributed by atoms with E-state index < -0.39 is 0 Å². The van der Waals surface area contributed by atoms with Gasteiger partial charge < -0.3 is 0 Å². The van der Waals surface area contributed by atoms with Crippen LogP contribution < -0.4 is 0 Å². The SMILES string of the molecule is O=C(c1cccc(Cl)c1)c1nc(Br)cs1. The third-order valence-electron chi connectivity index (χ3n) is 1.76. The molecule has 0 aliphatic heterocycles. The van der Waals surface area contributed by atoms with Crippen molar-refractivity contribution >= 4 is 44.7 Å². The molecule has 0 unspecified atom stereocenters. The van der Waals surface area contributed by atoms with Crippen LogP contribution in [0.2, 0.25) is 5.02 Å². The second-order valence-corrected chi connectivity index (χ2v) is 4.92. The molecule has 0 spiro atoms. The van der Waals surface area contributed by atoms with Gasteiger partial charge in [0.25, 0.3) is 0 Å². The Morgan fingerprint density at radius 2 is 2.27 bits per heavy atom. The Labute approximate surface area is 104 Å². The van der Waals surface area contributed by atoms with Crippen molar-refractivity contribution in [3.8, 4) is 0 Å². The predicted octanol–water partition coefficient (Wildman–Crippen LogP) is 3.79. The molecule has 5 heteroatoms. The minimum absolute atomic E-state index is 0.104. The van der Waals surface area contributed by atoms with Gasteiger partial charge in [0.2, 0.25) is 5.78 Å². The van der Waals surface area contributed by atoms with E-state index in [9.17, 15) is 4.79 Å². The largest absolute Gasteiger partial charge is 0.286 e. The highest BCUT2D eigenvalue weighted by atomic mass is 79.9. The number of hydrogen-bond acceptors (Lipinski definition) is 3. The van der Waals surface area contributed by atoms with E-state index in [1.165, 1.54) is 11.3 Å². The van der Waals surface area contributed by atoms with Crippen molar-refractivity contribution in [3.05, 3.63) is 49.8 Å². The van der Waals surface area contributed by atoms with E-state index in [4.69, 9.17) is 11.6 Å². The minimum Gasteiger partial charge on any atom is -0.286 e. The van der Waals surface area contributed by atoms with Crippen LogP contribution in [-0.4, -0.2) is 10.8 Å². The van der Waals surface area contributed by atoms with E-state index >= 15 is 0 Å². The van der Waals surface area contributed by atoms with E-state index in [2.05, 4.69) is 20.9 Å². The van der Waals surface area contributed by atoms with Crippen molar-refractivity contribution in [2.75, 3.05) is 0 Å². The second-order valence-electron chi connectivity index (χ2n) is 2.81. The quantitative estimate of drug-likeness (QED) is 0.790. The summed E-state index contributed by atoms with van der Waals surface area (Å²) < 4.78 is 0.679. The van der Waals surface area contributed by atoms with Gasteiger partial charge in [-0.15, -0.1) is 11.3 Å². The molecule has 1 heterocycles. The summed E-state index contributed by atoms with van der Waals surface area (Å²) in [6.45, 7) is 0. The number of hydrogen-bond donors (Lipinski definition) is 0. The van der Waals surface area contributed by atoms with E-state index in [0.29, 0.717) is 20.2 Å². The number of rotatable bonds is 2. The van der Waals surface area contributed by atoms with E-state index in [1.807, 2.05) is 0 Å². The Morgan fingerprint density at radius 3 is 2.87 bits per heavy atom. The van der Waals surface area contributed by atoms with E-state index in [1.54, 1.807) is 29.6 Å². The Bertz CT molecular complexity index is 512. The molecule has 15 heavy (non-hydrogen) atoms. The van der Waals surface area contributed by atoms with Gasteiger partial charge in [-0.25, -0.2) is 4.98 Å². The van der Waals surface area contributed by atoms with Gasteiger partial charge in [0.15, 0.2) is 5.01 Å². The fourth-order valence-corrected chi connectivity index (χ4v) is 2.51. The maximum atomic E-state index is 11.9. The zero-order valence-electron chi connectivity index (χ0n) is 7.41. The number of carbonyl (C=O) groups excluding carboxylic acids is 1. The lowest BCUT2D eigenvalue weighted by molar-refractivity contribution is 0.103. The third kappa shape index (κ3) is 2.45. The number of halogens is 2. The van der Waals surface area contributed by atoms with Gasteiger partial charge in [0.05, 0.1) is 0 Å². The first kappa shape index (κ1) is 10.8. The number of nitrogens with zero attached hydrogens (tertiary/aromatic N) is 1. The summed E-state index contributed by atoms with van der Waals surface area (Å²) in [5.74, 6) is -0.104. The molecule has 0 amide bonds. The Kier molecular flexibility index (Phi) is 3.19. The van der Waals surface area contributed by atoms with Crippen LogP contribution in [-0.2, 0) is 0 Å². The Hall–Kier alpha value is -0.710. The first-order valence-corrected chi connectivity index (χ1v) is 6.13. The van der Waals surface area contributed by atoms with Gasteiger partial charge in [0.1, 0.15) is 4.60 Å². The van der Waals surface area contributed by atoms with Crippen LogP contribution in [0.15, 0.2) is 34.2 Å². The molecule has 0 fully saturated rings. The molecule has 0 N–H and O–H groups in total. The number of ketones is 1. The van der Waals surface area contributed by atoms with E-state index in [-0.39, 0.29) is 5.78 Å². The van der Waals surface area contributed by atoms with Crippen molar-refractivity contribution in [3.63, 3.8) is 0 Å². The molecule has 0 saturated carbocycles. The molecule has 0 saturated heterocycles. The third-order valence-corrected chi connectivity index (χ3v) is 3.54. The molecule has 76 valence electrons. The normalized spacial score (nSPS) is 10.3. The van der Waals surface area contributed by atoms with Crippen molar-refractivity contribution < 1.29 is 4.79 Å². The van der Waals surface area contributed by atoms with E-state index in [0.717, 1.165) is 0 Å². The molecule has 2 aromatic rings. The summed E-state index contributed by atoms with van der Waals surface area (Å²) in [6.07, 6.45) is 0. The molecular weight excluding hydrogens is 298 g/mol. The first-order chi connectivity index (χ1) is 7.16. The first-order valence-electron chi connectivity index (χ1n) is 4.08. The lowest BCUT2D eigenvalue weighted by atomic mass is 10.1. The summed E-state index contributed by atoms with van der Waals surface area (Å²) in [5, 5.41) is 2.79. The zero-order chi connectivity index (χ0) is 10.8. The van der Waals surface area contributed by atoms with Crippen LogP contribution >= 0.6 is 38.9 Å². The van der Waals surface area contributed by atoms with Crippen LogP contribution in [0.3, 0.4) is 0 Å². The molecule has 0 bridgehead atoms. The maximum absolute atomic E-state index is 11.9. The Balaban J connectivity index is 2.36. The number of aromatic nitrogens is 1. The highest BCUT2D eigenvalue weighted by molar-refractivity contribution is 9.10. The smallest absolute Gasteiger partial charge is 0.221 e. The number of thiazole rings is 1. The van der Waals surface area contributed by atoms with Crippen LogP contribution in [0.1, 0.15) is 15.4 Å². The summed E-state index contributed by atoms with van der Waals surface area (Å²) in [4.78, 5) is 15.9. The second kappa shape index (κ2) is 4.43. The highest BCUT2D eigenvalue weighted by Crippen LogP contribution is 2.19. The van der Waals surface area contributed by atoms with Crippen LogP contribution in [0, 0.1) is 0 Å². The molecule has 1 aromatic heterocycles. The van der Waals surface area contributed by atoms with Crippen molar-refractivity contribution in [2.45, 2.75) is 0 Å². The van der Waals surface area contributed by atoms with Gasteiger partial charge in [0, 0.05) is 16.0 Å². The monoisotopic (exact) mass is 301 g/mol. The molecular formula is C10H5BrClNOS. The lowest BCUT2D eigenvalue weighted by Crippen LogP contribution is -1.99. The summed E-state index contributed by atoms with van der Waals surface area (Å²) >= 11 is 10.3. The van der Waals surface area contributed by atoms with Crippen LogP contribution in [0.4, 0.5) is 0 Å². The van der Waals surface area contributed by atoms with Crippen LogP contribution in [0.25, 0.3) is 0 Å². The van der Waals surface area contributed by atoms with Crippen molar-refractivity contribution in [1.82, 2.24) is 4.98 Å². The minimum atomic E-state index is -0.104. The highest BCUT2D eigenvalue weighted by Gasteiger charge is 2.12.